The molecule has 0 aliphatic rings. The topological polar surface area (TPSA) is 47.0 Å². The molecule has 0 aromatic carbocycles. The van der Waals surface area contributed by atoms with Crippen LogP contribution >= 0.6 is 0 Å². The average Bonchev–Trinajstić information content (AvgIpc) is 2.15. The van der Waals surface area contributed by atoms with Gasteiger partial charge in [-0.15, -0.1) is 0 Å². The third kappa shape index (κ3) is 2.63. The Morgan fingerprint density at radius 1 is 1.46 bits per heavy atom. The summed E-state index contributed by atoms with van der Waals surface area (Å²) in [5, 5.41) is 0. The van der Waals surface area contributed by atoms with Gasteiger partial charge in [0.25, 0.3) is 0 Å². The Morgan fingerprint density at radius 3 is 2.69 bits per heavy atom. The second kappa shape index (κ2) is 4.30. The number of carbonyl (C=O) groups excluding carboxylic acids is 2. The summed E-state index contributed by atoms with van der Waals surface area (Å²) < 4.78 is 0. The first-order valence-electron chi connectivity index (χ1n) is 3.83. The molecule has 0 N–H and O–H groups in total. The number of carbonyl (C=O) groups is 2. The summed E-state index contributed by atoms with van der Waals surface area (Å²) in [6.07, 6.45) is 5.11. The molecule has 66 valence electrons. The number of rotatable bonds is 3. The summed E-state index contributed by atoms with van der Waals surface area (Å²) in [7, 11) is 0. The number of nitrogens with zero attached hydrogens (tertiary/aromatic N) is 1. The Hall–Kier alpha value is -1.77. The molecule has 3 nitrogen and oxygen atoms in total. The summed E-state index contributed by atoms with van der Waals surface area (Å²) in [6, 6.07) is 3.37. The van der Waals surface area contributed by atoms with Gasteiger partial charge in [0.15, 0.2) is 5.78 Å². The van der Waals surface area contributed by atoms with E-state index in [9.17, 15) is 9.59 Å². The first-order valence-corrected chi connectivity index (χ1v) is 3.83. The van der Waals surface area contributed by atoms with Crippen molar-refractivity contribution in [2.75, 3.05) is 0 Å². The highest BCUT2D eigenvalue weighted by molar-refractivity contribution is 5.93. The zero-order chi connectivity index (χ0) is 9.68. The summed E-state index contributed by atoms with van der Waals surface area (Å²) in [5.74, 6) is -0.0154. The fraction of sp³-hybridized carbons (Fsp3) is 0.100. The minimum atomic E-state index is -0.0154. The molecule has 0 saturated heterocycles. The van der Waals surface area contributed by atoms with Crippen molar-refractivity contribution in [1.82, 2.24) is 4.98 Å². The second-order valence-corrected chi connectivity index (χ2v) is 2.52. The lowest BCUT2D eigenvalue weighted by Gasteiger charge is -1.94. The Labute approximate surface area is 76.1 Å². The highest BCUT2D eigenvalue weighted by Crippen LogP contribution is 2.02. The SMILES string of the molecule is CC(=O)c1ccc(C=CC=O)nc1. The van der Waals surface area contributed by atoms with Crippen LogP contribution < -0.4 is 0 Å². The van der Waals surface area contributed by atoms with Gasteiger partial charge in [-0.2, -0.15) is 0 Å². The largest absolute Gasteiger partial charge is 0.299 e. The number of hydrogen-bond donors (Lipinski definition) is 0. The van der Waals surface area contributed by atoms with E-state index in [0.29, 0.717) is 17.5 Å². The zero-order valence-electron chi connectivity index (χ0n) is 7.23. The number of aldehydes is 1. The van der Waals surface area contributed by atoms with Crippen LogP contribution in [-0.4, -0.2) is 17.1 Å². The van der Waals surface area contributed by atoms with E-state index in [0.717, 1.165) is 0 Å². The van der Waals surface area contributed by atoms with Gasteiger partial charge in [0.05, 0.1) is 5.69 Å². The molecular weight excluding hydrogens is 166 g/mol. The smallest absolute Gasteiger partial charge is 0.161 e. The third-order valence-electron chi connectivity index (χ3n) is 1.54. The van der Waals surface area contributed by atoms with Crippen molar-refractivity contribution >= 4 is 18.1 Å². The van der Waals surface area contributed by atoms with E-state index in [-0.39, 0.29) is 5.78 Å². The molecule has 0 bridgehead atoms. The normalized spacial score (nSPS) is 10.2. The molecule has 0 spiro atoms. The van der Waals surface area contributed by atoms with Crippen LogP contribution in [0, 0.1) is 0 Å². The van der Waals surface area contributed by atoms with E-state index in [1.54, 1.807) is 18.2 Å². The van der Waals surface area contributed by atoms with E-state index < -0.39 is 0 Å². The van der Waals surface area contributed by atoms with Crippen LogP contribution in [0.3, 0.4) is 0 Å². The standard InChI is InChI=1S/C10H9NO2/c1-8(13)9-4-5-10(11-7-9)3-2-6-12/h2-7H,1H3. The Morgan fingerprint density at radius 2 is 2.23 bits per heavy atom. The lowest BCUT2D eigenvalue weighted by molar-refractivity contribution is -0.104. The maximum Gasteiger partial charge on any atom is 0.161 e. The summed E-state index contributed by atoms with van der Waals surface area (Å²) >= 11 is 0. The molecule has 1 rings (SSSR count). The molecule has 1 aromatic heterocycles. The maximum atomic E-state index is 10.9. The molecule has 1 heterocycles. The zero-order valence-corrected chi connectivity index (χ0v) is 7.23. The molecule has 0 unspecified atom stereocenters. The predicted octanol–water partition coefficient (Wildman–Crippen LogP) is 1.50. The molecule has 0 aliphatic heterocycles. The van der Waals surface area contributed by atoms with Gasteiger partial charge in [-0.25, -0.2) is 0 Å². The van der Waals surface area contributed by atoms with Crippen LogP contribution in [0.25, 0.3) is 6.08 Å². The van der Waals surface area contributed by atoms with Crippen LogP contribution in [0.1, 0.15) is 23.0 Å². The van der Waals surface area contributed by atoms with Crippen molar-refractivity contribution in [3.8, 4) is 0 Å². The minimum absolute atomic E-state index is 0.0154. The van der Waals surface area contributed by atoms with Crippen molar-refractivity contribution < 1.29 is 9.59 Å². The molecule has 3 heteroatoms. The van der Waals surface area contributed by atoms with Crippen molar-refractivity contribution in [3.05, 3.63) is 35.7 Å². The lowest BCUT2D eigenvalue weighted by atomic mass is 10.2. The second-order valence-electron chi connectivity index (χ2n) is 2.52. The molecule has 13 heavy (non-hydrogen) atoms. The van der Waals surface area contributed by atoms with Gasteiger partial charge in [-0.05, 0) is 31.2 Å². The van der Waals surface area contributed by atoms with Crippen LogP contribution in [0.15, 0.2) is 24.4 Å². The Bertz CT molecular complexity index is 338. The van der Waals surface area contributed by atoms with Gasteiger partial charge in [-0.3, -0.25) is 14.6 Å². The van der Waals surface area contributed by atoms with E-state index in [4.69, 9.17) is 0 Å². The minimum Gasteiger partial charge on any atom is -0.299 e. The molecule has 0 fully saturated rings. The number of Topliss-reactive ketones (excluding diaryl/α,β-unsaturated/α-hetero) is 1. The average molecular weight is 175 g/mol. The van der Waals surface area contributed by atoms with Crippen LogP contribution in [0.5, 0.6) is 0 Å². The van der Waals surface area contributed by atoms with Gasteiger partial charge in [0.2, 0.25) is 0 Å². The van der Waals surface area contributed by atoms with Crippen LogP contribution in [0.4, 0.5) is 0 Å². The fourth-order valence-electron chi connectivity index (χ4n) is 0.850. The molecule has 0 saturated carbocycles. The van der Waals surface area contributed by atoms with Gasteiger partial charge in [0, 0.05) is 11.8 Å². The molecule has 0 aliphatic carbocycles. The number of ketones is 1. The Balaban J connectivity index is 2.87. The van der Waals surface area contributed by atoms with E-state index >= 15 is 0 Å². The summed E-state index contributed by atoms with van der Waals surface area (Å²) in [6.45, 7) is 1.48. The third-order valence-corrected chi connectivity index (χ3v) is 1.54. The number of allylic oxidation sites excluding steroid dienone is 1. The molecular formula is C10H9NO2. The monoisotopic (exact) mass is 175 g/mol. The lowest BCUT2D eigenvalue weighted by Crippen LogP contribution is -1.93. The summed E-state index contributed by atoms with van der Waals surface area (Å²) in [4.78, 5) is 24.8. The molecule has 0 amide bonds. The van der Waals surface area contributed by atoms with Crippen LogP contribution in [-0.2, 0) is 4.79 Å². The summed E-state index contributed by atoms with van der Waals surface area (Å²) in [5.41, 5.74) is 1.24. The van der Waals surface area contributed by atoms with Crippen molar-refractivity contribution in [2.45, 2.75) is 6.92 Å². The molecule has 0 radical (unpaired) electrons. The van der Waals surface area contributed by atoms with Gasteiger partial charge in [0.1, 0.15) is 6.29 Å². The first kappa shape index (κ1) is 9.32. The van der Waals surface area contributed by atoms with Crippen LogP contribution in [0.2, 0.25) is 0 Å². The van der Waals surface area contributed by atoms with Gasteiger partial charge in [-0.1, -0.05) is 0 Å². The quantitative estimate of drug-likeness (QED) is 0.397. The molecule has 0 atom stereocenters. The first-order chi connectivity index (χ1) is 6.24. The number of aromatic nitrogens is 1. The molecule has 1 aromatic rings. The number of pyridine rings is 1. The van der Waals surface area contributed by atoms with Crippen molar-refractivity contribution in [2.24, 2.45) is 0 Å². The predicted molar refractivity (Wildman–Crippen MR) is 49.3 cm³/mol. The van der Waals surface area contributed by atoms with Crippen molar-refractivity contribution in [3.63, 3.8) is 0 Å². The van der Waals surface area contributed by atoms with Gasteiger partial charge >= 0.3 is 0 Å². The van der Waals surface area contributed by atoms with Gasteiger partial charge < -0.3 is 0 Å². The number of hydrogen-bond acceptors (Lipinski definition) is 3. The van der Waals surface area contributed by atoms with Crippen molar-refractivity contribution in [1.29, 1.82) is 0 Å². The fourth-order valence-corrected chi connectivity index (χ4v) is 0.850. The maximum absolute atomic E-state index is 10.9. The van der Waals surface area contributed by atoms with E-state index in [2.05, 4.69) is 4.98 Å². The Kier molecular flexibility index (Phi) is 3.09. The van der Waals surface area contributed by atoms with E-state index in [1.807, 2.05) is 0 Å². The van der Waals surface area contributed by atoms with E-state index in [1.165, 1.54) is 19.2 Å². The highest BCUT2D eigenvalue weighted by atomic mass is 16.1. The highest BCUT2D eigenvalue weighted by Gasteiger charge is 1.97.